The predicted octanol–water partition coefficient (Wildman–Crippen LogP) is 17.4. The maximum absolute atomic E-state index is 12.4. The summed E-state index contributed by atoms with van der Waals surface area (Å²) >= 11 is 0. The molecule has 0 aliphatic heterocycles. The van der Waals surface area contributed by atoms with Crippen molar-refractivity contribution in [3.05, 3.63) is 13.2 Å². The molecule has 0 heterocycles. The summed E-state index contributed by atoms with van der Waals surface area (Å²) in [6.45, 7) is 56.3. The molecule has 1 unspecified atom stereocenters. The van der Waals surface area contributed by atoms with Gasteiger partial charge in [-0.3, -0.25) is 9.37 Å². The number of hydrogen-bond acceptors (Lipinski definition) is 13. The second kappa shape index (κ2) is 53.9. The molecule has 76 heavy (non-hydrogen) atoms. The summed E-state index contributed by atoms with van der Waals surface area (Å²) in [4.78, 5) is 18.1. The first-order valence-electron chi connectivity index (χ1n) is 23.4. The van der Waals surface area contributed by atoms with E-state index in [0.717, 1.165) is 0 Å². The molecule has 1 atom stereocenters. The zero-order valence-electron chi connectivity index (χ0n) is 44.9. The molecule has 0 aromatic carbocycles. The zero-order valence-corrected chi connectivity index (χ0v) is 48.9. The molecule has 0 spiro atoms. The Balaban J connectivity index is -0.000000226. The first-order chi connectivity index (χ1) is 29.3. The summed E-state index contributed by atoms with van der Waals surface area (Å²) in [5, 5.41) is 3.25. The maximum Gasteiger partial charge on any atom is 0.246 e. The Morgan fingerprint density at radius 2 is 0.658 bits per heavy atom. The highest BCUT2D eigenvalue weighted by Gasteiger charge is 2.40. The van der Waals surface area contributed by atoms with Gasteiger partial charge < -0.3 is 51.8 Å². The van der Waals surface area contributed by atoms with Crippen LogP contribution in [0.15, 0.2) is 13.2 Å². The van der Waals surface area contributed by atoms with Gasteiger partial charge in [0.15, 0.2) is 25.0 Å². The number of amides is 1. The summed E-state index contributed by atoms with van der Waals surface area (Å²) in [5.74, 6) is -0.231. The first-order valence-corrected chi connectivity index (χ1v) is 35.0. The number of ether oxygens (including phenoxy) is 7. The van der Waals surface area contributed by atoms with Crippen molar-refractivity contribution in [2.45, 2.75) is 257 Å². The molecule has 1 amide bonds. The lowest BCUT2D eigenvalue weighted by molar-refractivity contribution is -0.245. The highest BCUT2D eigenvalue weighted by molar-refractivity contribution is 6.75. The van der Waals surface area contributed by atoms with E-state index in [2.05, 4.69) is 154 Å². The van der Waals surface area contributed by atoms with Gasteiger partial charge in [0.1, 0.15) is 25.4 Å². The first kappa shape index (κ1) is 111. The topological polar surface area (TPSA) is 140 Å². The summed E-state index contributed by atoms with van der Waals surface area (Å²) in [6, 6.07) is 0. The van der Waals surface area contributed by atoms with Crippen LogP contribution in [0, 0.1) is 0 Å². The number of carbonyl (C=O) groups is 1. The van der Waals surface area contributed by atoms with Crippen LogP contribution in [-0.4, -0.2) is 164 Å². The van der Waals surface area contributed by atoms with E-state index < -0.39 is 33.3 Å². The van der Waals surface area contributed by atoms with Gasteiger partial charge in [-0.25, -0.2) is 4.89 Å². The van der Waals surface area contributed by atoms with E-state index in [4.69, 9.17) is 55.9 Å². The molecule has 1 N–H and O–H groups in total. The number of carbonyl (C=O) groups excluding carboxylic acids is 1. The fourth-order valence-electron chi connectivity index (χ4n) is 4.16. The summed E-state index contributed by atoms with van der Waals surface area (Å²) in [6.07, 6.45) is -0.640. The third-order valence-corrected chi connectivity index (χ3v) is 30.5. The monoisotopic (exact) mass is 1180 g/mol. The molecular formula is C58H149NO13Si4. The van der Waals surface area contributed by atoms with Crippen molar-refractivity contribution in [1.82, 2.24) is 5.32 Å². The zero-order chi connectivity index (χ0) is 49.9. The Hall–Kier alpha value is -0.402. The molecule has 0 saturated carbocycles. The molecule has 0 saturated heterocycles. The van der Waals surface area contributed by atoms with Crippen molar-refractivity contribution >= 4 is 39.2 Å². The van der Waals surface area contributed by atoms with Crippen molar-refractivity contribution in [3.63, 3.8) is 0 Å². The standard InChI is InChI=1S/C44H97NO13Si4.C2H4.12CH4/c1-41(2,3)59(13,14)55-30-25-48-33-38(34-49-26-31-56-60(15,16)42(4,5)6)52-29-24-51-37-40(46)45-21-22-47-23-28-53-39(36-54-58-62(19,20)44(10,11)12)35-50-27-32-57-61(17,18)43(7,8)9;1-2;;;;;;;;;;;;/h38-39H,21-37H2,1-20H3,(H,45,46);1-2H2;12*1H4. The van der Waals surface area contributed by atoms with E-state index in [1.54, 1.807) is 0 Å². The average Bonchev–Trinajstić information content (AvgIpc) is 3.15. The van der Waals surface area contributed by atoms with Crippen molar-refractivity contribution in [3.8, 4) is 0 Å². The minimum atomic E-state index is -2.09. The number of nitrogens with one attached hydrogen (secondary N) is 1. The van der Waals surface area contributed by atoms with Gasteiger partial charge in [0.05, 0.1) is 92.5 Å². The Morgan fingerprint density at radius 3 is 0.961 bits per heavy atom. The van der Waals surface area contributed by atoms with Crippen LogP contribution >= 0.6 is 0 Å². The molecule has 14 nitrogen and oxygen atoms in total. The molecule has 0 aliphatic rings. The average molecular weight is 1180 g/mol. The SMILES string of the molecule is C.C.C.C.C.C.C.C.C.C.C.C.C=C.CC(C)(C)[Si](C)(C)OCCOCC(COCCO[Si](C)(C)C(C)(C)C)OCCOCC(=O)NCCOCCOC(COCCO[Si](C)(C)C(C)(C)C)COO[Si](C)(C)C(C)(C)C. The van der Waals surface area contributed by atoms with Gasteiger partial charge in [0.2, 0.25) is 14.2 Å². The van der Waals surface area contributed by atoms with Gasteiger partial charge in [0.25, 0.3) is 0 Å². The lowest BCUT2D eigenvalue weighted by Gasteiger charge is -2.36. The van der Waals surface area contributed by atoms with Gasteiger partial charge in [-0.05, 0) is 72.5 Å². The molecule has 0 aromatic heterocycles. The summed E-state index contributed by atoms with van der Waals surface area (Å²) in [5.41, 5.74) is 0. The Labute approximate surface area is 485 Å². The Kier molecular flexibility index (Phi) is 78.6. The van der Waals surface area contributed by atoms with E-state index in [-0.39, 0.29) is 147 Å². The molecule has 0 bridgehead atoms. The third-order valence-electron chi connectivity index (χ3n) is 12.7. The van der Waals surface area contributed by atoms with Crippen LogP contribution in [0.25, 0.3) is 0 Å². The minimum absolute atomic E-state index is 0. The maximum atomic E-state index is 12.4. The second-order valence-electron chi connectivity index (χ2n) is 22.2. The van der Waals surface area contributed by atoms with E-state index in [1.807, 2.05) is 0 Å². The lowest BCUT2D eigenvalue weighted by atomic mass is 10.2. The van der Waals surface area contributed by atoms with Crippen molar-refractivity contribution in [2.75, 3.05) is 112 Å². The second-order valence-corrected chi connectivity index (χ2v) is 41.3. The van der Waals surface area contributed by atoms with E-state index in [9.17, 15) is 4.79 Å². The quantitative estimate of drug-likeness (QED) is 0.0212. The molecular weight excluding hydrogens is 1030 g/mol. The molecule has 0 aromatic rings. The fraction of sp³-hybridized carbons (Fsp3) is 0.948. The van der Waals surface area contributed by atoms with Crippen LogP contribution in [0.2, 0.25) is 72.5 Å². The van der Waals surface area contributed by atoms with E-state index in [0.29, 0.717) is 92.4 Å². The third kappa shape index (κ3) is 50.6. The molecule has 18 heteroatoms. The smallest absolute Gasteiger partial charge is 0.246 e. The summed E-state index contributed by atoms with van der Waals surface area (Å²) in [7, 11) is -7.63. The molecule has 0 rings (SSSR count). The molecule has 0 radical (unpaired) electrons. The van der Waals surface area contributed by atoms with Crippen LogP contribution in [0.1, 0.15) is 172 Å². The van der Waals surface area contributed by atoms with Gasteiger partial charge in [-0.2, -0.15) is 0 Å². The van der Waals surface area contributed by atoms with Crippen molar-refractivity contribution in [2.24, 2.45) is 0 Å². The Bertz CT molecular complexity index is 1170. The highest BCUT2D eigenvalue weighted by Crippen LogP contribution is 2.39. The fourth-order valence-corrected chi connectivity index (χ4v) is 7.85. The minimum Gasteiger partial charge on any atom is -0.414 e. The largest absolute Gasteiger partial charge is 0.414 e. The number of rotatable bonds is 35. The lowest BCUT2D eigenvalue weighted by Crippen LogP contribution is -2.42. The molecule has 0 aliphatic carbocycles. The van der Waals surface area contributed by atoms with Gasteiger partial charge in [0, 0.05) is 6.54 Å². The Morgan fingerprint density at radius 1 is 0.382 bits per heavy atom. The van der Waals surface area contributed by atoms with Crippen LogP contribution in [0.3, 0.4) is 0 Å². The van der Waals surface area contributed by atoms with Crippen LogP contribution in [-0.2, 0) is 60.7 Å². The normalized spacial score (nSPS) is 11.9. The van der Waals surface area contributed by atoms with Crippen molar-refractivity contribution < 1.29 is 60.7 Å². The summed E-state index contributed by atoms with van der Waals surface area (Å²) < 4.78 is 65.9. The van der Waals surface area contributed by atoms with Gasteiger partial charge in [-0.1, -0.05) is 172 Å². The van der Waals surface area contributed by atoms with Crippen molar-refractivity contribution in [1.29, 1.82) is 0 Å². The van der Waals surface area contributed by atoms with Gasteiger partial charge in [-0.15, -0.1) is 13.2 Å². The number of hydrogen-bond donors (Lipinski definition) is 1. The predicted molar refractivity (Wildman–Crippen MR) is 352 cm³/mol. The van der Waals surface area contributed by atoms with E-state index >= 15 is 0 Å². The molecule has 480 valence electrons. The molecule has 0 fully saturated rings. The van der Waals surface area contributed by atoms with Crippen LogP contribution in [0.4, 0.5) is 0 Å². The van der Waals surface area contributed by atoms with Crippen LogP contribution in [0.5, 0.6) is 0 Å². The van der Waals surface area contributed by atoms with Gasteiger partial charge >= 0.3 is 0 Å². The van der Waals surface area contributed by atoms with Crippen LogP contribution < -0.4 is 5.32 Å². The van der Waals surface area contributed by atoms with E-state index in [1.165, 1.54) is 0 Å². The highest BCUT2D eigenvalue weighted by atomic mass is 28.4.